The number of benzene rings is 1. The molecular formula is C22H32O3. The van der Waals surface area contributed by atoms with Gasteiger partial charge in [0.25, 0.3) is 0 Å². The summed E-state index contributed by atoms with van der Waals surface area (Å²) in [6.07, 6.45) is 1.41. The average Bonchev–Trinajstić information content (AvgIpc) is 2.49. The molecular weight excluding hydrogens is 312 g/mol. The van der Waals surface area contributed by atoms with Crippen LogP contribution >= 0.6 is 0 Å². The monoisotopic (exact) mass is 344 g/mol. The molecule has 0 amide bonds. The summed E-state index contributed by atoms with van der Waals surface area (Å²) >= 11 is 0. The zero-order valence-corrected chi connectivity index (χ0v) is 16.7. The molecule has 4 atom stereocenters. The topological polar surface area (TPSA) is 43.4 Å². The molecule has 0 aliphatic heterocycles. The molecule has 0 bridgehead atoms. The Morgan fingerprint density at radius 1 is 1.12 bits per heavy atom. The van der Waals surface area contributed by atoms with Gasteiger partial charge in [-0.05, 0) is 76.0 Å². The highest BCUT2D eigenvalue weighted by molar-refractivity contribution is 6.04. The van der Waals surface area contributed by atoms with Crippen molar-refractivity contribution >= 4 is 11.8 Å². The Kier molecular flexibility index (Phi) is 5.75. The SMILES string of the molecule is CCOC(=O)C1(C(C)=O)CC(C)C(C)CC1c1c(C)cc(C)cc1C. The number of rotatable bonds is 4. The van der Waals surface area contributed by atoms with Crippen molar-refractivity contribution in [2.24, 2.45) is 17.3 Å². The number of aryl methyl sites for hydroxylation is 3. The third-order valence-corrected chi connectivity index (χ3v) is 6.17. The van der Waals surface area contributed by atoms with Crippen LogP contribution in [-0.4, -0.2) is 18.4 Å². The smallest absolute Gasteiger partial charge is 0.320 e. The molecule has 0 radical (unpaired) electrons. The molecule has 1 aliphatic carbocycles. The van der Waals surface area contributed by atoms with E-state index in [0.29, 0.717) is 24.9 Å². The van der Waals surface area contributed by atoms with Crippen LogP contribution in [0.15, 0.2) is 12.1 Å². The highest BCUT2D eigenvalue weighted by atomic mass is 16.5. The normalized spacial score (nSPS) is 29.3. The van der Waals surface area contributed by atoms with Gasteiger partial charge >= 0.3 is 5.97 Å². The van der Waals surface area contributed by atoms with E-state index in [1.54, 1.807) is 13.8 Å². The van der Waals surface area contributed by atoms with E-state index in [0.717, 1.165) is 12.0 Å². The van der Waals surface area contributed by atoms with Gasteiger partial charge in [0.15, 0.2) is 0 Å². The van der Waals surface area contributed by atoms with E-state index in [1.807, 2.05) is 0 Å². The first kappa shape index (κ1) is 19.7. The summed E-state index contributed by atoms with van der Waals surface area (Å²) in [7, 11) is 0. The first-order chi connectivity index (χ1) is 11.6. The molecule has 0 saturated heterocycles. The molecule has 1 aromatic carbocycles. The number of hydrogen-bond donors (Lipinski definition) is 0. The summed E-state index contributed by atoms with van der Waals surface area (Å²) in [5.74, 6) is 0.262. The highest BCUT2D eigenvalue weighted by Crippen LogP contribution is 2.54. The van der Waals surface area contributed by atoms with Gasteiger partial charge in [-0.2, -0.15) is 0 Å². The number of carbonyl (C=O) groups is 2. The van der Waals surface area contributed by atoms with Crippen LogP contribution in [0.1, 0.15) is 68.7 Å². The molecule has 2 rings (SSSR count). The lowest BCUT2D eigenvalue weighted by Gasteiger charge is -2.46. The largest absolute Gasteiger partial charge is 0.465 e. The van der Waals surface area contributed by atoms with E-state index in [9.17, 15) is 9.59 Å². The third kappa shape index (κ3) is 3.38. The maximum atomic E-state index is 13.0. The molecule has 4 unspecified atom stereocenters. The number of ether oxygens (including phenoxy) is 1. The summed E-state index contributed by atoms with van der Waals surface area (Å²) in [6.45, 7) is 14.3. The van der Waals surface area contributed by atoms with Gasteiger partial charge in [0.1, 0.15) is 11.2 Å². The molecule has 0 aromatic heterocycles. The summed E-state index contributed by atoms with van der Waals surface area (Å²) in [5.41, 5.74) is 3.64. The fourth-order valence-corrected chi connectivity index (χ4v) is 4.78. The molecule has 1 saturated carbocycles. The van der Waals surface area contributed by atoms with Gasteiger partial charge in [-0.1, -0.05) is 31.5 Å². The Balaban J connectivity index is 2.69. The fraction of sp³-hybridized carbons (Fsp3) is 0.636. The Morgan fingerprint density at radius 3 is 2.16 bits per heavy atom. The summed E-state index contributed by atoms with van der Waals surface area (Å²) in [4.78, 5) is 25.9. The third-order valence-electron chi connectivity index (χ3n) is 6.17. The van der Waals surface area contributed by atoms with Crippen molar-refractivity contribution in [2.45, 2.75) is 67.2 Å². The molecule has 1 aliphatic rings. The van der Waals surface area contributed by atoms with Crippen LogP contribution in [0, 0.1) is 38.0 Å². The van der Waals surface area contributed by atoms with Crippen molar-refractivity contribution in [1.82, 2.24) is 0 Å². The molecule has 3 nitrogen and oxygen atoms in total. The van der Waals surface area contributed by atoms with E-state index >= 15 is 0 Å². The van der Waals surface area contributed by atoms with Gasteiger partial charge in [0, 0.05) is 5.92 Å². The van der Waals surface area contributed by atoms with Crippen molar-refractivity contribution in [2.75, 3.05) is 6.61 Å². The standard InChI is InChI=1S/C22H32O3/c1-8-25-21(24)22(18(7)23)12-17(6)14(3)11-19(22)20-15(4)9-13(2)10-16(20)5/h9-10,14,17,19H,8,11-12H2,1-7H3. The van der Waals surface area contributed by atoms with Gasteiger partial charge in [0.05, 0.1) is 6.61 Å². The number of esters is 1. The van der Waals surface area contributed by atoms with E-state index in [2.05, 4.69) is 46.8 Å². The lowest BCUT2D eigenvalue weighted by Crippen LogP contribution is -2.50. The molecule has 0 spiro atoms. The summed E-state index contributed by atoms with van der Waals surface area (Å²) in [5, 5.41) is 0. The Bertz CT molecular complexity index is 653. The lowest BCUT2D eigenvalue weighted by atomic mass is 9.55. The molecule has 25 heavy (non-hydrogen) atoms. The minimum Gasteiger partial charge on any atom is -0.465 e. The molecule has 3 heteroatoms. The van der Waals surface area contributed by atoms with Crippen LogP contribution in [0.4, 0.5) is 0 Å². The second-order valence-corrected chi connectivity index (χ2v) is 8.01. The van der Waals surface area contributed by atoms with Crippen LogP contribution in [0.5, 0.6) is 0 Å². The van der Waals surface area contributed by atoms with Gasteiger partial charge in [-0.15, -0.1) is 0 Å². The highest BCUT2D eigenvalue weighted by Gasteiger charge is 2.56. The number of carbonyl (C=O) groups excluding carboxylic acids is 2. The van der Waals surface area contributed by atoms with Gasteiger partial charge < -0.3 is 4.74 Å². The first-order valence-electron chi connectivity index (χ1n) is 9.41. The van der Waals surface area contributed by atoms with E-state index in [1.165, 1.54) is 16.7 Å². The van der Waals surface area contributed by atoms with E-state index < -0.39 is 5.41 Å². The lowest BCUT2D eigenvalue weighted by molar-refractivity contribution is -0.165. The quantitative estimate of drug-likeness (QED) is 0.576. The van der Waals surface area contributed by atoms with Crippen LogP contribution in [-0.2, 0) is 14.3 Å². The zero-order chi connectivity index (χ0) is 18.9. The zero-order valence-electron chi connectivity index (χ0n) is 16.7. The minimum atomic E-state index is -1.06. The number of ketones is 1. The molecule has 0 heterocycles. The Hall–Kier alpha value is -1.64. The minimum absolute atomic E-state index is 0.0610. The predicted octanol–water partition coefficient (Wildman–Crippen LogP) is 4.90. The van der Waals surface area contributed by atoms with Crippen molar-refractivity contribution in [3.8, 4) is 0 Å². The van der Waals surface area contributed by atoms with E-state index in [-0.39, 0.29) is 17.7 Å². The molecule has 1 aromatic rings. The molecule has 1 fully saturated rings. The van der Waals surface area contributed by atoms with Gasteiger partial charge in [-0.25, -0.2) is 0 Å². The second kappa shape index (κ2) is 7.31. The van der Waals surface area contributed by atoms with Gasteiger partial charge in [0.2, 0.25) is 0 Å². The predicted molar refractivity (Wildman–Crippen MR) is 101 cm³/mol. The van der Waals surface area contributed by atoms with Gasteiger partial charge in [-0.3, -0.25) is 9.59 Å². The summed E-state index contributed by atoms with van der Waals surface area (Å²) < 4.78 is 5.43. The van der Waals surface area contributed by atoms with Crippen molar-refractivity contribution in [1.29, 1.82) is 0 Å². The Morgan fingerprint density at radius 2 is 1.68 bits per heavy atom. The maximum Gasteiger partial charge on any atom is 0.320 e. The average molecular weight is 344 g/mol. The molecule has 138 valence electrons. The number of Topliss-reactive ketones (excluding diaryl/α,β-unsaturated/α-hetero) is 1. The van der Waals surface area contributed by atoms with Crippen LogP contribution in [0.25, 0.3) is 0 Å². The second-order valence-electron chi connectivity index (χ2n) is 8.01. The van der Waals surface area contributed by atoms with Crippen molar-refractivity contribution in [3.05, 3.63) is 34.4 Å². The van der Waals surface area contributed by atoms with Crippen LogP contribution in [0.3, 0.4) is 0 Å². The van der Waals surface area contributed by atoms with E-state index in [4.69, 9.17) is 4.74 Å². The maximum absolute atomic E-state index is 13.0. The fourth-order valence-electron chi connectivity index (χ4n) is 4.78. The van der Waals surface area contributed by atoms with Crippen molar-refractivity contribution < 1.29 is 14.3 Å². The summed E-state index contributed by atoms with van der Waals surface area (Å²) in [6, 6.07) is 4.31. The van der Waals surface area contributed by atoms with Crippen LogP contribution in [0.2, 0.25) is 0 Å². The van der Waals surface area contributed by atoms with Crippen molar-refractivity contribution in [3.63, 3.8) is 0 Å². The Labute approximate surface area is 152 Å². The molecule has 0 N–H and O–H groups in total. The number of hydrogen-bond acceptors (Lipinski definition) is 3. The first-order valence-corrected chi connectivity index (χ1v) is 9.41. The van der Waals surface area contributed by atoms with Crippen LogP contribution < -0.4 is 0 Å².